The smallest absolute Gasteiger partial charge is 0.334 e. The fourth-order valence-electron chi connectivity index (χ4n) is 4.85. The molecule has 0 amide bonds. The molecule has 0 aliphatic heterocycles. The Morgan fingerprint density at radius 3 is 2.32 bits per heavy atom. The summed E-state index contributed by atoms with van der Waals surface area (Å²) in [5.41, 5.74) is 1.19. The molecule has 118 valence electrons. The fraction of sp³-hybridized carbons (Fsp3) is 0.550. The third-order valence-corrected chi connectivity index (χ3v) is 6.72. The van der Waals surface area contributed by atoms with E-state index in [1.807, 2.05) is 18.2 Å². The van der Waals surface area contributed by atoms with E-state index in [-0.39, 0.29) is 16.8 Å². The number of ether oxygens (including phenoxy) is 1. The summed E-state index contributed by atoms with van der Waals surface area (Å²) in [6.07, 6.45) is 3.24. The maximum absolute atomic E-state index is 12.4. The van der Waals surface area contributed by atoms with Gasteiger partial charge in [0.05, 0.1) is 0 Å². The molecule has 1 aromatic rings. The first-order chi connectivity index (χ1) is 10.2. The van der Waals surface area contributed by atoms with Gasteiger partial charge < -0.3 is 4.74 Å². The van der Waals surface area contributed by atoms with Crippen molar-refractivity contribution in [3.8, 4) is 0 Å². The van der Waals surface area contributed by atoms with Crippen molar-refractivity contribution in [3.63, 3.8) is 0 Å². The number of hydrogen-bond donors (Lipinski definition) is 0. The highest BCUT2D eigenvalue weighted by molar-refractivity contribution is 5.87. The lowest BCUT2D eigenvalue weighted by molar-refractivity contribution is -0.177. The van der Waals surface area contributed by atoms with Crippen molar-refractivity contribution in [1.29, 1.82) is 0 Å². The van der Waals surface area contributed by atoms with E-state index in [2.05, 4.69) is 39.5 Å². The number of benzene rings is 1. The van der Waals surface area contributed by atoms with Crippen LogP contribution in [0.1, 0.15) is 52.5 Å². The summed E-state index contributed by atoms with van der Waals surface area (Å²) in [7, 11) is 0. The Labute approximate surface area is 133 Å². The minimum Gasteiger partial charge on any atom is -0.450 e. The zero-order valence-electron chi connectivity index (χ0n) is 14.1. The van der Waals surface area contributed by atoms with Crippen LogP contribution in [0.4, 0.5) is 0 Å². The molecule has 3 atom stereocenters. The number of fused-ring (bicyclic) bond motifs is 2. The van der Waals surface area contributed by atoms with Crippen molar-refractivity contribution in [2.75, 3.05) is 0 Å². The van der Waals surface area contributed by atoms with Crippen LogP contribution in [0.3, 0.4) is 0 Å². The Morgan fingerprint density at radius 2 is 1.86 bits per heavy atom. The molecule has 0 saturated heterocycles. The lowest BCUT2D eigenvalue weighted by Gasteiger charge is -2.48. The number of rotatable bonds is 3. The van der Waals surface area contributed by atoms with E-state index in [4.69, 9.17) is 4.74 Å². The summed E-state index contributed by atoms with van der Waals surface area (Å²) in [5, 5.41) is 0. The zero-order chi connectivity index (χ0) is 16.2. The van der Waals surface area contributed by atoms with Gasteiger partial charge in [-0.1, -0.05) is 57.7 Å². The van der Waals surface area contributed by atoms with Gasteiger partial charge in [0.25, 0.3) is 0 Å². The summed E-state index contributed by atoms with van der Waals surface area (Å²) in [6.45, 7) is 12.5. The van der Waals surface area contributed by atoms with Crippen molar-refractivity contribution < 1.29 is 9.53 Å². The number of carbonyl (C=O) groups is 1. The van der Waals surface area contributed by atoms with Gasteiger partial charge in [-0.25, -0.2) is 4.79 Å². The number of hydrogen-bond acceptors (Lipinski definition) is 2. The normalized spacial score (nSPS) is 35.4. The van der Waals surface area contributed by atoms with Crippen LogP contribution in [0.15, 0.2) is 42.5 Å². The van der Waals surface area contributed by atoms with Crippen LogP contribution in [-0.2, 0) is 15.1 Å². The molecule has 0 N–H and O–H groups in total. The average Bonchev–Trinajstić information content (AvgIpc) is 2.80. The minimum atomic E-state index is -0.531. The van der Waals surface area contributed by atoms with Crippen molar-refractivity contribution in [1.82, 2.24) is 0 Å². The van der Waals surface area contributed by atoms with Gasteiger partial charge in [0.1, 0.15) is 5.60 Å². The predicted molar refractivity (Wildman–Crippen MR) is 88.3 cm³/mol. The van der Waals surface area contributed by atoms with Gasteiger partial charge in [0.2, 0.25) is 0 Å². The molecule has 0 aromatic heterocycles. The molecule has 0 heterocycles. The van der Waals surface area contributed by atoms with Crippen LogP contribution in [0, 0.1) is 16.7 Å². The van der Waals surface area contributed by atoms with E-state index in [0.717, 1.165) is 18.4 Å². The lowest BCUT2D eigenvalue weighted by Crippen LogP contribution is -2.48. The Kier molecular flexibility index (Phi) is 3.28. The largest absolute Gasteiger partial charge is 0.450 e. The van der Waals surface area contributed by atoms with Gasteiger partial charge in [-0.05, 0) is 43.1 Å². The van der Waals surface area contributed by atoms with Crippen molar-refractivity contribution in [2.24, 2.45) is 16.7 Å². The van der Waals surface area contributed by atoms with E-state index >= 15 is 0 Å². The van der Waals surface area contributed by atoms with E-state index in [0.29, 0.717) is 11.5 Å². The zero-order valence-corrected chi connectivity index (χ0v) is 14.1. The van der Waals surface area contributed by atoms with Gasteiger partial charge in [-0.2, -0.15) is 0 Å². The summed E-state index contributed by atoms with van der Waals surface area (Å²) in [6, 6.07) is 10.3. The summed E-state index contributed by atoms with van der Waals surface area (Å²) >= 11 is 0. The van der Waals surface area contributed by atoms with E-state index in [1.165, 1.54) is 6.42 Å². The van der Waals surface area contributed by atoms with Crippen molar-refractivity contribution in [2.45, 2.75) is 52.6 Å². The first kappa shape index (κ1) is 15.3. The molecular weight excluding hydrogens is 272 g/mol. The summed E-state index contributed by atoms with van der Waals surface area (Å²) in [5.74, 6) is 0.323. The van der Waals surface area contributed by atoms with Gasteiger partial charge in [-0.3, -0.25) is 0 Å². The van der Waals surface area contributed by atoms with Crippen molar-refractivity contribution in [3.05, 3.63) is 48.0 Å². The first-order valence-electron chi connectivity index (χ1n) is 8.19. The third kappa shape index (κ3) is 1.76. The van der Waals surface area contributed by atoms with Gasteiger partial charge >= 0.3 is 5.97 Å². The summed E-state index contributed by atoms with van der Waals surface area (Å²) in [4.78, 5) is 12.4. The van der Waals surface area contributed by atoms with Crippen LogP contribution in [0.2, 0.25) is 0 Å². The van der Waals surface area contributed by atoms with Crippen LogP contribution < -0.4 is 0 Å². The second-order valence-corrected chi connectivity index (χ2v) is 7.86. The topological polar surface area (TPSA) is 26.3 Å². The molecule has 3 unspecified atom stereocenters. The molecule has 22 heavy (non-hydrogen) atoms. The maximum atomic E-state index is 12.4. The monoisotopic (exact) mass is 298 g/mol. The molecule has 0 spiro atoms. The maximum Gasteiger partial charge on any atom is 0.334 e. The SMILES string of the molecule is C=C(C)C(=O)OC1(c2ccccc2)CC2CCC1(C)C2(C)C. The van der Waals surface area contributed by atoms with Crippen molar-refractivity contribution >= 4 is 5.97 Å². The minimum absolute atomic E-state index is 0.0445. The highest BCUT2D eigenvalue weighted by Crippen LogP contribution is 2.73. The van der Waals surface area contributed by atoms with Crippen LogP contribution in [0.5, 0.6) is 0 Å². The fourth-order valence-corrected chi connectivity index (χ4v) is 4.85. The quantitative estimate of drug-likeness (QED) is 0.589. The number of carbonyl (C=O) groups excluding carboxylic acids is 1. The van der Waals surface area contributed by atoms with Crippen LogP contribution in [-0.4, -0.2) is 5.97 Å². The van der Waals surface area contributed by atoms with E-state index < -0.39 is 5.60 Å². The molecule has 2 bridgehead atoms. The molecule has 2 fully saturated rings. The van der Waals surface area contributed by atoms with Gasteiger partial charge in [0.15, 0.2) is 0 Å². The lowest BCUT2D eigenvalue weighted by atomic mass is 9.62. The predicted octanol–water partition coefficient (Wildman–Crippen LogP) is 4.85. The van der Waals surface area contributed by atoms with Crippen LogP contribution >= 0.6 is 0 Å². The first-order valence-corrected chi connectivity index (χ1v) is 8.19. The molecule has 2 nitrogen and oxygen atoms in total. The molecule has 3 rings (SSSR count). The molecule has 2 aliphatic carbocycles. The van der Waals surface area contributed by atoms with Crippen LogP contribution in [0.25, 0.3) is 0 Å². The Hall–Kier alpha value is -1.57. The Bertz CT molecular complexity index is 616. The van der Waals surface area contributed by atoms with Gasteiger partial charge in [0, 0.05) is 11.0 Å². The van der Waals surface area contributed by atoms with E-state index in [1.54, 1.807) is 6.92 Å². The highest BCUT2D eigenvalue weighted by Gasteiger charge is 2.71. The third-order valence-electron chi connectivity index (χ3n) is 6.72. The second kappa shape index (κ2) is 4.71. The molecule has 2 heteroatoms. The molecule has 1 aromatic carbocycles. The molecular formula is C20H26O2. The highest BCUT2D eigenvalue weighted by atomic mass is 16.6. The second-order valence-electron chi connectivity index (χ2n) is 7.86. The Balaban J connectivity index is 2.14. The summed E-state index contributed by atoms with van der Waals surface area (Å²) < 4.78 is 6.18. The Morgan fingerprint density at radius 1 is 1.23 bits per heavy atom. The molecule has 0 radical (unpaired) electrons. The molecule has 2 saturated carbocycles. The average molecular weight is 298 g/mol. The van der Waals surface area contributed by atoms with Gasteiger partial charge in [-0.15, -0.1) is 0 Å². The van der Waals surface area contributed by atoms with E-state index in [9.17, 15) is 4.79 Å². The number of esters is 1. The standard InChI is InChI=1S/C20H26O2/c1-14(2)17(21)22-20(15-9-7-6-8-10-15)13-16-11-12-19(20,5)18(16,3)4/h6-10,16H,1,11-13H2,2-5H3. The molecule has 2 aliphatic rings.